The maximum Gasteiger partial charge on any atom is 0.256 e. The van der Waals surface area contributed by atoms with Gasteiger partial charge < -0.3 is 48.5 Å². The fourth-order valence-electron chi connectivity index (χ4n) is 9.46. The van der Waals surface area contributed by atoms with Gasteiger partial charge in [0.05, 0.1) is 54.3 Å². The third-order valence-electron chi connectivity index (χ3n) is 13.3. The van der Waals surface area contributed by atoms with Crippen LogP contribution in [0, 0.1) is 17.5 Å². The van der Waals surface area contributed by atoms with Crippen molar-refractivity contribution in [1.82, 2.24) is 34.5 Å². The number of pyridine rings is 2. The van der Waals surface area contributed by atoms with Crippen molar-refractivity contribution in [1.29, 1.82) is 0 Å². The van der Waals surface area contributed by atoms with Gasteiger partial charge in [-0.2, -0.15) is 4.39 Å². The number of nitrogens with one attached hydrogen (secondary N) is 2. The number of hydrogen-bond donors (Lipinski definition) is 2. The summed E-state index contributed by atoms with van der Waals surface area (Å²) in [5, 5.41) is 6.36. The second-order valence-electron chi connectivity index (χ2n) is 17.7. The number of anilines is 1. The number of aromatic nitrogens is 2. The lowest BCUT2D eigenvalue weighted by molar-refractivity contribution is -0.129. The average molecular weight is 1030 g/mol. The van der Waals surface area contributed by atoms with Crippen LogP contribution in [0.2, 0.25) is 10.0 Å². The van der Waals surface area contributed by atoms with Crippen molar-refractivity contribution in [3.8, 4) is 34.4 Å². The third kappa shape index (κ3) is 9.45. The Labute approximate surface area is 419 Å². The molecule has 72 heavy (non-hydrogen) atoms. The second-order valence-corrected chi connectivity index (χ2v) is 18.5. The van der Waals surface area contributed by atoms with Crippen LogP contribution in [-0.4, -0.2) is 147 Å². The van der Waals surface area contributed by atoms with Gasteiger partial charge >= 0.3 is 0 Å². The van der Waals surface area contributed by atoms with Gasteiger partial charge in [0.2, 0.25) is 22.6 Å². The van der Waals surface area contributed by atoms with E-state index in [0.717, 1.165) is 32.2 Å². The van der Waals surface area contributed by atoms with Crippen LogP contribution >= 0.6 is 23.2 Å². The first-order valence-electron chi connectivity index (χ1n) is 23.4. The van der Waals surface area contributed by atoms with Crippen molar-refractivity contribution >= 4 is 68.4 Å². The van der Waals surface area contributed by atoms with Gasteiger partial charge in [0, 0.05) is 120 Å². The van der Waals surface area contributed by atoms with E-state index < -0.39 is 45.9 Å². The molecule has 2 N–H and O–H groups in total. The first kappa shape index (κ1) is 48.9. The van der Waals surface area contributed by atoms with E-state index in [0.29, 0.717) is 106 Å². The van der Waals surface area contributed by atoms with Crippen LogP contribution in [0.4, 0.5) is 18.9 Å². The van der Waals surface area contributed by atoms with Crippen LogP contribution in [0.1, 0.15) is 27.6 Å². The van der Waals surface area contributed by atoms with Gasteiger partial charge in [-0.05, 0) is 36.4 Å². The standard InChI is InChI=1S/C28H29ClFN5O5.C22H18ClF2N3O4/c1-17(36)33-6-8-34(9-7-33)22-15-19-25-27(24(22)30)40-23-14-18(29)2-3-21(23)35(25)16-20(26(19)37)28(38)31-4-5-32-10-12-39-13-11-32;23-12-1-2-16-17(9-12)32-21-18(25)15(24)10-13-19(21)28(16)11-14(20(13)29)22(30)26-3-4-27-5-7-31-8-6-27/h2-3,14-16H,4-13H2,1H3,(H,31,38);1-2,9-11H,3-8H2,(H,26,30). The normalized spacial score (nSPS) is 16.2. The summed E-state index contributed by atoms with van der Waals surface area (Å²) in [6.07, 6.45) is 2.77. The van der Waals surface area contributed by atoms with E-state index in [4.69, 9.17) is 42.1 Å². The first-order valence-corrected chi connectivity index (χ1v) is 24.1. The number of amides is 3. The van der Waals surface area contributed by atoms with Crippen LogP contribution in [-0.2, 0) is 14.3 Å². The smallest absolute Gasteiger partial charge is 0.256 e. The van der Waals surface area contributed by atoms with E-state index in [1.165, 1.54) is 36.0 Å². The summed E-state index contributed by atoms with van der Waals surface area (Å²) in [5.74, 6) is -4.28. The number of hydrogen-bond acceptors (Lipinski definition) is 12. The van der Waals surface area contributed by atoms with Gasteiger partial charge in [-0.25, -0.2) is 8.78 Å². The lowest BCUT2D eigenvalue weighted by atomic mass is 10.1. The molecule has 0 aliphatic carbocycles. The predicted octanol–water partition coefficient (Wildman–Crippen LogP) is 5.71. The van der Waals surface area contributed by atoms with Crippen LogP contribution in [0.15, 0.2) is 70.5 Å². The third-order valence-corrected chi connectivity index (χ3v) is 13.7. The molecule has 3 amide bonds. The highest BCUT2D eigenvalue weighted by Gasteiger charge is 2.33. The van der Waals surface area contributed by atoms with Gasteiger partial charge in [0.15, 0.2) is 34.6 Å². The number of morpholine rings is 2. The summed E-state index contributed by atoms with van der Waals surface area (Å²) in [6.45, 7) is 10.8. The van der Waals surface area contributed by atoms with Crippen molar-refractivity contribution in [3.63, 3.8) is 0 Å². The van der Waals surface area contributed by atoms with Crippen molar-refractivity contribution in [2.24, 2.45) is 0 Å². The van der Waals surface area contributed by atoms with E-state index in [1.54, 1.807) is 44.7 Å². The van der Waals surface area contributed by atoms with Gasteiger partial charge in [-0.15, -0.1) is 0 Å². The zero-order chi connectivity index (χ0) is 50.4. The van der Waals surface area contributed by atoms with E-state index >= 15 is 4.39 Å². The Balaban J connectivity index is 0.000000170. The van der Waals surface area contributed by atoms with Crippen molar-refractivity contribution < 1.29 is 46.5 Å². The Hall–Kier alpha value is -6.68. The fourth-order valence-corrected chi connectivity index (χ4v) is 9.78. The fraction of sp³-hybridized carbons (Fsp3) is 0.340. The molecular weight excluding hydrogens is 984 g/mol. The zero-order valence-electron chi connectivity index (χ0n) is 38.8. The number of halogens is 5. The Bertz CT molecular complexity index is 3300. The molecule has 3 saturated heterocycles. The molecule has 5 aliphatic rings. The van der Waals surface area contributed by atoms with Crippen molar-refractivity contribution in [3.05, 3.63) is 120 Å². The van der Waals surface area contributed by atoms with Gasteiger partial charge in [0.25, 0.3) is 11.8 Å². The molecule has 0 unspecified atom stereocenters. The molecule has 0 bridgehead atoms. The lowest BCUT2D eigenvalue weighted by Gasteiger charge is -2.36. The highest BCUT2D eigenvalue weighted by Crippen LogP contribution is 2.46. The van der Waals surface area contributed by atoms with Crippen LogP contribution in [0.5, 0.6) is 23.0 Å². The number of carbonyl (C=O) groups excluding carboxylic acids is 3. The maximum absolute atomic E-state index is 16.1. The van der Waals surface area contributed by atoms with Crippen molar-refractivity contribution in [2.75, 3.05) is 110 Å². The van der Waals surface area contributed by atoms with E-state index in [-0.39, 0.29) is 56.0 Å². The number of ether oxygens (including phenoxy) is 4. The molecule has 17 nitrogen and oxygen atoms in total. The largest absolute Gasteiger partial charge is 0.450 e. The molecule has 22 heteroatoms. The quantitative estimate of drug-likeness (QED) is 0.181. The average Bonchev–Trinajstić information content (AvgIpc) is 3.38. The van der Waals surface area contributed by atoms with Gasteiger partial charge in [0.1, 0.15) is 22.2 Å². The lowest BCUT2D eigenvalue weighted by Crippen LogP contribution is -2.48. The minimum absolute atomic E-state index is 0.0438. The molecule has 0 spiro atoms. The number of fused-ring (bicyclic) bond motifs is 4. The summed E-state index contributed by atoms with van der Waals surface area (Å²) in [6, 6.07) is 11.9. The topological polar surface area (TPSA) is 169 Å². The predicted molar refractivity (Wildman–Crippen MR) is 263 cm³/mol. The van der Waals surface area contributed by atoms with Crippen LogP contribution in [0.3, 0.4) is 0 Å². The Morgan fingerprint density at radius 3 is 1.53 bits per heavy atom. The molecule has 7 heterocycles. The molecule has 376 valence electrons. The molecule has 3 fully saturated rings. The molecule has 6 aromatic rings. The molecular formula is C50H47Cl2F3N8O9. The number of nitrogens with zero attached hydrogens (tertiary/aromatic N) is 6. The van der Waals surface area contributed by atoms with Crippen molar-refractivity contribution in [2.45, 2.75) is 6.92 Å². The molecule has 0 atom stereocenters. The monoisotopic (exact) mass is 1030 g/mol. The molecule has 0 radical (unpaired) electrons. The highest BCUT2D eigenvalue weighted by atomic mass is 35.5. The van der Waals surface area contributed by atoms with Crippen LogP contribution in [0.25, 0.3) is 33.2 Å². The maximum atomic E-state index is 16.1. The summed E-state index contributed by atoms with van der Waals surface area (Å²) < 4.78 is 70.2. The molecule has 0 saturated carbocycles. The minimum Gasteiger partial charge on any atom is -0.450 e. The van der Waals surface area contributed by atoms with Gasteiger partial charge in [-0.1, -0.05) is 23.2 Å². The van der Waals surface area contributed by atoms with E-state index in [9.17, 15) is 32.8 Å². The van der Waals surface area contributed by atoms with Crippen LogP contribution < -0.4 is 35.9 Å². The second kappa shape index (κ2) is 20.4. The van der Waals surface area contributed by atoms with Gasteiger partial charge in [-0.3, -0.25) is 33.8 Å². The summed E-state index contributed by atoms with van der Waals surface area (Å²) in [4.78, 5) is 72.6. The first-order chi connectivity index (χ1) is 34.7. The number of benzene rings is 4. The Morgan fingerprint density at radius 2 is 1.06 bits per heavy atom. The minimum atomic E-state index is -1.24. The number of carbonyl (C=O) groups is 3. The molecule has 2 aromatic heterocycles. The van der Waals surface area contributed by atoms with E-state index in [2.05, 4.69) is 20.4 Å². The SMILES string of the molecule is CC(=O)N1CCN(c2cc3c(=O)c(C(=O)NCCN4CCOCC4)cn4c3c(c2F)Oc2cc(Cl)ccc2-4)CC1.O=C(NCCN1CCOCC1)c1cn2c3c(c(F)c(F)cc3c1=O)Oc1cc(Cl)ccc1-2. The molecule has 11 rings (SSSR count). The number of rotatable bonds is 9. The summed E-state index contributed by atoms with van der Waals surface area (Å²) >= 11 is 12.2. The highest BCUT2D eigenvalue weighted by molar-refractivity contribution is 6.31. The zero-order valence-corrected chi connectivity index (χ0v) is 40.3. The Kier molecular flexibility index (Phi) is 13.9. The number of piperazine rings is 1. The van der Waals surface area contributed by atoms with E-state index in [1.807, 2.05) is 0 Å². The summed E-state index contributed by atoms with van der Waals surface area (Å²) in [5.41, 5.74) is 0.00193. The Morgan fingerprint density at radius 1 is 0.597 bits per heavy atom. The molecule has 5 aliphatic heterocycles. The summed E-state index contributed by atoms with van der Waals surface area (Å²) in [7, 11) is 0. The molecule has 4 aromatic carbocycles.